The van der Waals surface area contributed by atoms with Crippen molar-refractivity contribution in [2.45, 2.75) is 31.7 Å². The summed E-state index contributed by atoms with van der Waals surface area (Å²) in [5, 5.41) is 4.91. The second kappa shape index (κ2) is 8.12. The van der Waals surface area contributed by atoms with Gasteiger partial charge in [-0.2, -0.15) is 4.31 Å². The van der Waals surface area contributed by atoms with Crippen molar-refractivity contribution in [3.05, 3.63) is 52.2 Å². The summed E-state index contributed by atoms with van der Waals surface area (Å²) in [6.07, 6.45) is 0. The number of aryl methyl sites for hydroxylation is 1. The van der Waals surface area contributed by atoms with Gasteiger partial charge in [-0.25, -0.2) is 8.42 Å². The molecule has 0 spiro atoms. The Morgan fingerprint density at radius 1 is 1.20 bits per heavy atom. The van der Waals surface area contributed by atoms with E-state index in [-0.39, 0.29) is 29.3 Å². The predicted octanol–water partition coefficient (Wildman–Crippen LogP) is 3.19. The molecule has 136 valence electrons. The molecule has 2 aromatic rings. The molecule has 0 aliphatic heterocycles. The van der Waals surface area contributed by atoms with E-state index in [1.807, 2.05) is 38.3 Å². The number of thiophene rings is 1. The Balaban J connectivity index is 2.07. The van der Waals surface area contributed by atoms with Gasteiger partial charge < -0.3 is 5.32 Å². The SMILES string of the molecule is Cc1ccc(S(=O)(=O)N(C)CC(=O)NC(c2cccs2)C(C)C)cc1. The molecular formula is C18H24N2O3S2. The molecule has 0 aliphatic rings. The third kappa shape index (κ3) is 4.90. The number of rotatable bonds is 7. The molecule has 7 heteroatoms. The summed E-state index contributed by atoms with van der Waals surface area (Å²) in [4.78, 5) is 13.6. The Morgan fingerprint density at radius 3 is 2.36 bits per heavy atom. The summed E-state index contributed by atoms with van der Waals surface area (Å²) in [6.45, 7) is 5.73. The van der Waals surface area contributed by atoms with E-state index in [0.29, 0.717) is 0 Å². The first-order valence-electron chi connectivity index (χ1n) is 8.07. The highest BCUT2D eigenvalue weighted by Gasteiger charge is 2.25. The topological polar surface area (TPSA) is 66.5 Å². The van der Waals surface area contributed by atoms with Gasteiger partial charge in [0.2, 0.25) is 15.9 Å². The van der Waals surface area contributed by atoms with Gasteiger partial charge in [-0.3, -0.25) is 4.79 Å². The van der Waals surface area contributed by atoms with Gasteiger partial charge >= 0.3 is 0 Å². The van der Waals surface area contributed by atoms with Crippen molar-refractivity contribution in [1.29, 1.82) is 0 Å². The van der Waals surface area contributed by atoms with Gasteiger partial charge in [0.15, 0.2) is 0 Å². The third-order valence-electron chi connectivity index (χ3n) is 3.93. The van der Waals surface area contributed by atoms with Crippen molar-refractivity contribution in [3.8, 4) is 0 Å². The van der Waals surface area contributed by atoms with Crippen molar-refractivity contribution in [3.63, 3.8) is 0 Å². The van der Waals surface area contributed by atoms with Crippen LogP contribution in [0.2, 0.25) is 0 Å². The molecule has 1 aromatic heterocycles. The van der Waals surface area contributed by atoms with E-state index in [1.54, 1.807) is 35.6 Å². The highest BCUT2D eigenvalue weighted by atomic mass is 32.2. The quantitative estimate of drug-likeness (QED) is 0.802. The first-order chi connectivity index (χ1) is 11.7. The van der Waals surface area contributed by atoms with Crippen molar-refractivity contribution in [2.75, 3.05) is 13.6 Å². The molecule has 1 amide bonds. The number of benzene rings is 1. The van der Waals surface area contributed by atoms with Crippen LogP contribution < -0.4 is 5.32 Å². The largest absolute Gasteiger partial charge is 0.347 e. The van der Waals surface area contributed by atoms with Gasteiger partial charge in [0.05, 0.1) is 17.5 Å². The number of hydrogen-bond acceptors (Lipinski definition) is 4. The minimum Gasteiger partial charge on any atom is -0.347 e. The Morgan fingerprint density at radius 2 is 1.84 bits per heavy atom. The lowest BCUT2D eigenvalue weighted by atomic mass is 10.0. The number of nitrogens with one attached hydrogen (secondary N) is 1. The zero-order valence-corrected chi connectivity index (χ0v) is 16.5. The molecule has 0 saturated carbocycles. The summed E-state index contributed by atoms with van der Waals surface area (Å²) in [6, 6.07) is 10.4. The van der Waals surface area contributed by atoms with Gasteiger partial charge in [0, 0.05) is 11.9 Å². The van der Waals surface area contributed by atoms with E-state index in [2.05, 4.69) is 5.32 Å². The van der Waals surface area contributed by atoms with Crippen LogP contribution in [-0.2, 0) is 14.8 Å². The number of amides is 1. The fourth-order valence-corrected chi connectivity index (χ4v) is 4.51. The van der Waals surface area contributed by atoms with Crippen LogP contribution in [0.25, 0.3) is 0 Å². The number of carbonyl (C=O) groups excluding carboxylic acids is 1. The lowest BCUT2D eigenvalue weighted by Gasteiger charge is -2.23. The predicted molar refractivity (Wildman–Crippen MR) is 101 cm³/mol. The Kier molecular flexibility index (Phi) is 6.37. The first-order valence-corrected chi connectivity index (χ1v) is 10.4. The summed E-state index contributed by atoms with van der Waals surface area (Å²) >= 11 is 1.58. The zero-order chi connectivity index (χ0) is 18.6. The van der Waals surface area contributed by atoms with E-state index in [4.69, 9.17) is 0 Å². The lowest BCUT2D eigenvalue weighted by molar-refractivity contribution is -0.122. The number of carbonyl (C=O) groups is 1. The van der Waals surface area contributed by atoms with Crippen molar-refractivity contribution in [2.24, 2.45) is 5.92 Å². The van der Waals surface area contributed by atoms with Crippen LogP contribution in [0.5, 0.6) is 0 Å². The van der Waals surface area contributed by atoms with E-state index in [9.17, 15) is 13.2 Å². The lowest BCUT2D eigenvalue weighted by Crippen LogP contribution is -2.40. The van der Waals surface area contributed by atoms with E-state index >= 15 is 0 Å². The van der Waals surface area contributed by atoms with Crippen LogP contribution in [-0.4, -0.2) is 32.2 Å². The minimum atomic E-state index is -3.69. The van der Waals surface area contributed by atoms with Crippen LogP contribution in [0.1, 0.15) is 30.3 Å². The third-order valence-corrected chi connectivity index (χ3v) is 6.70. The molecule has 0 fully saturated rings. The maximum absolute atomic E-state index is 12.6. The zero-order valence-electron chi connectivity index (χ0n) is 14.9. The monoisotopic (exact) mass is 380 g/mol. The van der Waals surface area contributed by atoms with Crippen molar-refractivity contribution in [1.82, 2.24) is 9.62 Å². The Hall–Kier alpha value is -1.70. The average molecular weight is 381 g/mol. The normalized spacial score (nSPS) is 13.2. The molecule has 0 saturated heterocycles. The molecule has 1 atom stereocenters. The minimum absolute atomic E-state index is 0.122. The smallest absolute Gasteiger partial charge is 0.243 e. The Labute approximate surface area is 153 Å². The maximum atomic E-state index is 12.6. The molecule has 1 aromatic carbocycles. The summed E-state index contributed by atoms with van der Waals surface area (Å²) in [5.74, 6) is -0.105. The van der Waals surface area contributed by atoms with Gasteiger partial charge in [-0.15, -0.1) is 11.3 Å². The van der Waals surface area contributed by atoms with Gasteiger partial charge in [-0.1, -0.05) is 37.6 Å². The van der Waals surface area contributed by atoms with Crippen LogP contribution >= 0.6 is 11.3 Å². The first kappa shape index (κ1) is 19.6. The van der Waals surface area contributed by atoms with E-state index in [0.717, 1.165) is 14.7 Å². The van der Waals surface area contributed by atoms with Crippen molar-refractivity contribution < 1.29 is 13.2 Å². The second-order valence-electron chi connectivity index (χ2n) is 6.38. The van der Waals surface area contributed by atoms with Crippen LogP contribution in [0.3, 0.4) is 0 Å². The number of nitrogens with zero attached hydrogens (tertiary/aromatic N) is 1. The molecule has 25 heavy (non-hydrogen) atoms. The van der Waals surface area contributed by atoms with Gasteiger partial charge in [0.1, 0.15) is 0 Å². The maximum Gasteiger partial charge on any atom is 0.243 e. The molecule has 5 nitrogen and oxygen atoms in total. The number of likely N-dealkylation sites (N-methyl/N-ethyl adjacent to an activating group) is 1. The molecule has 0 aliphatic carbocycles. The molecule has 1 heterocycles. The average Bonchev–Trinajstić information content (AvgIpc) is 3.06. The van der Waals surface area contributed by atoms with E-state index in [1.165, 1.54) is 7.05 Å². The fraction of sp³-hybridized carbons (Fsp3) is 0.389. The van der Waals surface area contributed by atoms with Crippen molar-refractivity contribution >= 4 is 27.3 Å². The van der Waals surface area contributed by atoms with Gasteiger partial charge in [-0.05, 0) is 36.4 Å². The summed E-state index contributed by atoms with van der Waals surface area (Å²) in [7, 11) is -2.26. The van der Waals surface area contributed by atoms with E-state index < -0.39 is 10.0 Å². The second-order valence-corrected chi connectivity index (χ2v) is 9.40. The highest BCUT2D eigenvalue weighted by molar-refractivity contribution is 7.89. The number of hydrogen-bond donors (Lipinski definition) is 1. The van der Waals surface area contributed by atoms with Crippen LogP contribution in [0.4, 0.5) is 0 Å². The molecular weight excluding hydrogens is 356 g/mol. The van der Waals surface area contributed by atoms with Crippen LogP contribution in [0.15, 0.2) is 46.7 Å². The summed E-state index contributed by atoms with van der Waals surface area (Å²) < 4.78 is 26.2. The molecule has 2 rings (SSSR count). The fourth-order valence-electron chi connectivity index (χ4n) is 2.43. The molecule has 0 bridgehead atoms. The Bertz CT molecular complexity index is 797. The highest BCUT2D eigenvalue weighted by Crippen LogP contribution is 2.25. The molecule has 0 radical (unpaired) electrons. The van der Waals surface area contributed by atoms with Crippen LogP contribution in [0, 0.1) is 12.8 Å². The summed E-state index contributed by atoms with van der Waals surface area (Å²) in [5.41, 5.74) is 0.982. The molecule has 1 N–H and O–H groups in total. The standard InChI is InChI=1S/C18H24N2O3S2/c1-13(2)18(16-6-5-11-24-16)19-17(21)12-20(4)25(22,23)15-9-7-14(3)8-10-15/h5-11,13,18H,12H2,1-4H3,(H,19,21). The number of sulfonamides is 1. The molecule has 1 unspecified atom stereocenters. The van der Waals surface area contributed by atoms with Gasteiger partial charge in [0.25, 0.3) is 0 Å².